The first-order valence-electron chi connectivity index (χ1n) is 6.53. The molecule has 0 aromatic carbocycles. The average molecular weight is 367 g/mol. The fourth-order valence-electron chi connectivity index (χ4n) is 2.21. The number of nitrogens with zero attached hydrogens (tertiary/aromatic N) is 1. The Balaban J connectivity index is 1.97. The largest absolute Gasteiger partial charge is 0.314 e. The van der Waals surface area contributed by atoms with Crippen LogP contribution in [-0.4, -0.2) is 38.4 Å². The third-order valence-electron chi connectivity index (χ3n) is 3.28. The summed E-state index contributed by atoms with van der Waals surface area (Å²) in [5.74, 6) is 0. The number of nitrogens with one attached hydrogen (secondary N) is 1. The average Bonchev–Trinajstić information content (AvgIpc) is 2.84. The van der Waals surface area contributed by atoms with E-state index in [0.717, 1.165) is 29.6 Å². The summed E-state index contributed by atoms with van der Waals surface area (Å²) < 4.78 is 27.7. The molecule has 0 unspecified atom stereocenters. The molecule has 1 saturated heterocycles. The minimum absolute atomic E-state index is 0.430. The first-order chi connectivity index (χ1) is 9.04. The number of hydrogen-bond acceptors (Lipinski definition) is 4. The Labute approximate surface area is 127 Å². The lowest BCUT2D eigenvalue weighted by atomic mass is 10.1. The van der Waals surface area contributed by atoms with Crippen LogP contribution >= 0.6 is 27.3 Å². The minimum atomic E-state index is -3.29. The van der Waals surface area contributed by atoms with Crippen LogP contribution in [0.2, 0.25) is 0 Å². The maximum absolute atomic E-state index is 12.4. The highest BCUT2D eigenvalue weighted by Gasteiger charge is 2.30. The fourth-order valence-corrected chi connectivity index (χ4v) is 5.85. The van der Waals surface area contributed by atoms with E-state index in [-0.39, 0.29) is 0 Å². The lowest BCUT2D eigenvalue weighted by Crippen LogP contribution is -2.44. The van der Waals surface area contributed by atoms with Gasteiger partial charge >= 0.3 is 0 Å². The van der Waals surface area contributed by atoms with Crippen molar-refractivity contribution in [2.24, 2.45) is 0 Å². The van der Waals surface area contributed by atoms with Gasteiger partial charge in [-0.15, -0.1) is 11.3 Å². The molecule has 0 aliphatic carbocycles. The molecule has 4 nitrogen and oxygen atoms in total. The number of thiophene rings is 1. The van der Waals surface area contributed by atoms with E-state index < -0.39 is 10.0 Å². The quantitative estimate of drug-likeness (QED) is 0.871. The predicted molar refractivity (Wildman–Crippen MR) is 82.1 cm³/mol. The van der Waals surface area contributed by atoms with E-state index in [2.05, 4.69) is 28.2 Å². The third kappa shape index (κ3) is 3.78. The molecule has 0 amide bonds. The van der Waals surface area contributed by atoms with Crippen LogP contribution in [0.1, 0.15) is 26.2 Å². The molecule has 1 aromatic rings. The van der Waals surface area contributed by atoms with Crippen LogP contribution in [0.25, 0.3) is 0 Å². The zero-order valence-electron chi connectivity index (χ0n) is 10.9. The van der Waals surface area contributed by atoms with Crippen molar-refractivity contribution in [2.45, 2.75) is 36.4 Å². The summed E-state index contributed by atoms with van der Waals surface area (Å²) in [7, 11) is -3.29. The van der Waals surface area contributed by atoms with Crippen LogP contribution in [-0.2, 0) is 10.0 Å². The van der Waals surface area contributed by atoms with Gasteiger partial charge in [0.25, 0.3) is 10.0 Å². The molecule has 0 radical (unpaired) electrons. The molecule has 2 heterocycles. The fraction of sp³-hybridized carbons (Fsp3) is 0.667. The lowest BCUT2D eigenvalue weighted by Gasteiger charge is -2.31. The molecule has 0 atom stereocenters. The first kappa shape index (κ1) is 15.4. The number of halogens is 1. The topological polar surface area (TPSA) is 49.4 Å². The van der Waals surface area contributed by atoms with Gasteiger partial charge in [0.1, 0.15) is 4.21 Å². The highest BCUT2D eigenvalue weighted by atomic mass is 79.9. The van der Waals surface area contributed by atoms with E-state index in [1.807, 2.05) is 0 Å². The molecular weight excluding hydrogens is 348 g/mol. The van der Waals surface area contributed by atoms with E-state index in [4.69, 9.17) is 0 Å². The maximum Gasteiger partial charge on any atom is 0.252 e. The van der Waals surface area contributed by atoms with Crippen LogP contribution in [0.4, 0.5) is 0 Å². The van der Waals surface area contributed by atoms with Crippen molar-refractivity contribution in [1.29, 1.82) is 0 Å². The van der Waals surface area contributed by atoms with Gasteiger partial charge in [0.2, 0.25) is 0 Å². The maximum atomic E-state index is 12.4. The smallest absolute Gasteiger partial charge is 0.252 e. The molecule has 1 aromatic heterocycles. The number of sulfonamides is 1. The van der Waals surface area contributed by atoms with E-state index in [1.54, 1.807) is 16.4 Å². The summed E-state index contributed by atoms with van der Waals surface area (Å²) in [6, 6.07) is 3.92. The Hall–Kier alpha value is 0.0500. The van der Waals surface area contributed by atoms with Gasteiger partial charge in [-0.2, -0.15) is 4.31 Å². The molecular formula is C12H19BrN2O2S2. The van der Waals surface area contributed by atoms with E-state index >= 15 is 0 Å². The summed E-state index contributed by atoms with van der Waals surface area (Å²) in [4.78, 5) is 0. The number of piperidine rings is 1. The second-order valence-corrected chi connectivity index (χ2v) is 9.32. The summed E-state index contributed by atoms with van der Waals surface area (Å²) in [6.45, 7) is 4.37. The van der Waals surface area contributed by atoms with Crippen molar-refractivity contribution < 1.29 is 8.42 Å². The normalized spacial score (nSPS) is 18.8. The molecule has 0 saturated carbocycles. The molecule has 0 bridgehead atoms. The third-order valence-corrected chi connectivity index (χ3v) is 7.27. The Morgan fingerprint density at radius 1 is 1.42 bits per heavy atom. The highest BCUT2D eigenvalue weighted by Crippen LogP contribution is 2.29. The van der Waals surface area contributed by atoms with Gasteiger partial charge in [0.05, 0.1) is 3.79 Å². The van der Waals surface area contributed by atoms with Gasteiger partial charge in [0.15, 0.2) is 0 Å². The van der Waals surface area contributed by atoms with Crippen LogP contribution in [0.3, 0.4) is 0 Å². The van der Waals surface area contributed by atoms with Crippen molar-refractivity contribution in [1.82, 2.24) is 9.62 Å². The summed E-state index contributed by atoms with van der Waals surface area (Å²) in [5.41, 5.74) is 0. The SMILES string of the molecule is CCCNC1CCN(S(=O)(=O)c2ccc(Br)s2)CC1. The molecule has 1 fully saturated rings. The number of rotatable bonds is 5. The van der Waals surface area contributed by atoms with Crippen LogP contribution < -0.4 is 5.32 Å². The molecule has 7 heteroatoms. The van der Waals surface area contributed by atoms with Gasteiger partial charge in [-0.05, 0) is 53.9 Å². The first-order valence-corrected chi connectivity index (χ1v) is 9.58. The molecule has 1 aliphatic rings. The van der Waals surface area contributed by atoms with Crippen molar-refractivity contribution in [2.75, 3.05) is 19.6 Å². The van der Waals surface area contributed by atoms with Crippen molar-refractivity contribution in [3.8, 4) is 0 Å². The van der Waals surface area contributed by atoms with Gasteiger partial charge < -0.3 is 5.32 Å². The Morgan fingerprint density at radius 3 is 2.63 bits per heavy atom. The highest BCUT2D eigenvalue weighted by molar-refractivity contribution is 9.11. The molecule has 108 valence electrons. The van der Waals surface area contributed by atoms with Crippen LogP contribution in [0, 0.1) is 0 Å². The van der Waals surface area contributed by atoms with Gasteiger partial charge in [-0.3, -0.25) is 0 Å². The summed E-state index contributed by atoms with van der Waals surface area (Å²) in [5, 5.41) is 3.46. The van der Waals surface area contributed by atoms with Gasteiger partial charge in [-0.25, -0.2) is 8.42 Å². The zero-order valence-corrected chi connectivity index (χ0v) is 14.2. The van der Waals surface area contributed by atoms with E-state index in [0.29, 0.717) is 23.3 Å². The standard InChI is InChI=1S/C12H19BrN2O2S2/c1-2-7-14-10-5-8-15(9-6-10)19(16,17)12-4-3-11(13)18-12/h3-4,10,14H,2,5-9H2,1H3. The van der Waals surface area contributed by atoms with Crippen LogP contribution in [0.15, 0.2) is 20.1 Å². The molecule has 1 aliphatic heterocycles. The second-order valence-electron chi connectivity index (χ2n) is 4.69. The van der Waals surface area contributed by atoms with E-state index in [1.165, 1.54) is 11.3 Å². The van der Waals surface area contributed by atoms with Gasteiger partial charge in [0, 0.05) is 19.1 Å². The predicted octanol–water partition coefficient (Wildman–Crippen LogP) is 2.66. The zero-order chi connectivity index (χ0) is 13.9. The molecule has 1 N–H and O–H groups in total. The summed E-state index contributed by atoms with van der Waals surface area (Å²) >= 11 is 4.59. The van der Waals surface area contributed by atoms with Gasteiger partial charge in [-0.1, -0.05) is 6.92 Å². The second kappa shape index (κ2) is 6.67. The monoisotopic (exact) mass is 366 g/mol. The van der Waals surface area contributed by atoms with Crippen molar-refractivity contribution >= 4 is 37.3 Å². The van der Waals surface area contributed by atoms with Crippen molar-refractivity contribution in [3.05, 3.63) is 15.9 Å². The molecule has 2 rings (SSSR count). The minimum Gasteiger partial charge on any atom is -0.314 e. The van der Waals surface area contributed by atoms with Crippen LogP contribution in [0.5, 0.6) is 0 Å². The molecule has 19 heavy (non-hydrogen) atoms. The lowest BCUT2D eigenvalue weighted by molar-refractivity contribution is 0.290. The summed E-state index contributed by atoms with van der Waals surface area (Å²) in [6.07, 6.45) is 2.90. The molecule has 0 spiro atoms. The van der Waals surface area contributed by atoms with Crippen molar-refractivity contribution in [3.63, 3.8) is 0 Å². The van der Waals surface area contributed by atoms with E-state index in [9.17, 15) is 8.42 Å². The number of hydrogen-bond donors (Lipinski definition) is 1. The Kier molecular flexibility index (Phi) is 5.42. The Morgan fingerprint density at radius 2 is 2.11 bits per heavy atom. The Bertz CT molecular complexity index is 508.